The van der Waals surface area contributed by atoms with E-state index in [-0.39, 0.29) is 6.61 Å². The highest BCUT2D eigenvalue weighted by Crippen LogP contribution is 2.11. The Kier molecular flexibility index (Phi) is 3.93. The van der Waals surface area contributed by atoms with E-state index in [0.717, 1.165) is 0 Å². The standard InChI is InChI=1S/C10H13N3O3/c1-3-16-10(15)8(13-11)9(14)7-4-5-12-6(7)2/h4-5,8,11-12H,3H2,1-2H3. The number of ketones is 1. The third-order valence-electron chi connectivity index (χ3n) is 2.11. The van der Waals surface area contributed by atoms with E-state index in [4.69, 9.17) is 5.53 Å². The number of nitrogens with one attached hydrogen (secondary N) is 2. The maximum absolute atomic E-state index is 11.8. The topological polar surface area (TPSA) is 95.4 Å². The van der Waals surface area contributed by atoms with Gasteiger partial charge in [0.25, 0.3) is 0 Å². The van der Waals surface area contributed by atoms with Crippen LogP contribution >= 0.6 is 0 Å². The van der Waals surface area contributed by atoms with E-state index in [1.165, 1.54) is 0 Å². The zero-order valence-electron chi connectivity index (χ0n) is 9.11. The van der Waals surface area contributed by atoms with Crippen LogP contribution in [0.3, 0.4) is 0 Å². The van der Waals surface area contributed by atoms with E-state index in [1.807, 2.05) is 0 Å². The summed E-state index contributed by atoms with van der Waals surface area (Å²) in [6.45, 7) is 3.49. The van der Waals surface area contributed by atoms with Gasteiger partial charge in [-0.25, -0.2) is 10.3 Å². The monoisotopic (exact) mass is 223 g/mol. The minimum Gasteiger partial charge on any atom is -0.464 e. The van der Waals surface area contributed by atoms with Crippen LogP contribution in [0.1, 0.15) is 23.0 Å². The smallest absolute Gasteiger partial charge is 0.340 e. The van der Waals surface area contributed by atoms with Crippen molar-refractivity contribution < 1.29 is 14.3 Å². The number of H-pyrrole nitrogens is 1. The molecule has 0 bridgehead atoms. The van der Waals surface area contributed by atoms with Gasteiger partial charge in [-0.05, 0) is 19.9 Å². The van der Waals surface area contributed by atoms with Gasteiger partial charge in [0.1, 0.15) is 0 Å². The fourth-order valence-electron chi connectivity index (χ4n) is 1.31. The Morgan fingerprint density at radius 1 is 1.62 bits per heavy atom. The second-order valence-electron chi connectivity index (χ2n) is 3.16. The summed E-state index contributed by atoms with van der Waals surface area (Å²) >= 11 is 0. The first-order valence-corrected chi connectivity index (χ1v) is 4.83. The average Bonchev–Trinajstić information content (AvgIpc) is 2.65. The molecule has 0 spiro atoms. The molecule has 86 valence electrons. The molecule has 0 amide bonds. The van der Waals surface area contributed by atoms with Crippen molar-refractivity contribution in [2.24, 2.45) is 5.11 Å². The van der Waals surface area contributed by atoms with Crippen LogP contribution in [0.15, 0.2) is 17.4 Å². The molecule has 1 aromatic rings. The number of carbonyl (C=O) groups is 2. The molecule has 1 atom stereocenters. The number of hydrogen-bond acceptors (Lipinski definition) is 5. The van der Waals surface area contributed by atoms with E-state index in [2.05, 4.69) is 14.8 Å². The fraction of sp³-hybridized carbons (Fsp3) is 0.400. The van der Waals surface area contributed by atoms with Gasteiger partial charge in [-0.2, -0.15) is 5.11 Å². The minimum atomic E-state index is -1.39. The highest BCUT2D eigenvalue weighted by atomic mass is 16.5. The Labute approximate surface area is 92.5 Å². The SMILES string of the molecule is CCOC(=O)C(N=N)C(=O)c1cc[nH]c1C. The second-order valence-corrected chi connectivity index (χ2v) is 3.16. The Bertz CT molecular complexity index is 411. The van der Waals surface area contributed by atoms with E-state index < -0.39 is 17.8 Å². The third-order valence-corrected chi connectivity index (χ3v) is 2.11. The van der Waals surface area contributed by atoms with Crippen LogP contribution in [0.2, 0.25) is 0 Å². The molecule has 0 saturated carbocycles. The number of rotatable bonds is 5. The summed E-state index contributed by atoms with van der Waals surface area (Å²) in [5, 5.41) is 3.02. The van der Waals surface area contributed by atoms with Gasteiger partial charge in [0.05, 0.1) is 6.61 Å². The van der Waals surface area contributed by atoms with Crippen molar-refractivity contribution in [2.75, 3.05) is 6.61 Å². The Balaban J connectivity index is 2.90. The van der Waals surface area contributed by atoms with Crippen molar-refractivity contribution in [2.45, 2.75) is 19.9 Å². The Morgan fingerprint density at radius 3 is 2.75 bits per heavy atom. The number of aromatic nitrogens is 1. The lowest BCUT2D eigenvalue weighted by atomic mass is 10.1. The van der Waals surface area contributed by atoms with Gasteiger partial charge in [-0.1, -0.05) is 0 Å². The molecule has 0 aliphatic heterocycles. The molecule has 0 aliphatic rings. The molecule has 0 aromatic carbocycles. The van der Waals surface area contributed by atoms with Crippen LogP contribution in [-0.2, 0) is 9.53 Å². The van der Waals surface area contributed by atoms with Gasteiger partial charge < -0.3 is 9.72 Å². The second kappa shape index (κ2) is 5.20. The normalized spacial score (nSPS) is 11.9. The zero-order valence-corrected chi connectivity index (χ0v) is 9.11. The predicted molar refractivity (Wildman–Crippen MR) is 55.4 cm³/mol. The molecule has 16 heavy (non-hydrogen) atoms. The minimum absolute atomic E-state index is 0.157. The van der Waals surface area contributed by atoms with Crippen molar-refractivity contribution in [1.29, 1.82) is 5.53 Å². The molecular formula is C10H13N3O3. The summed E-state index contributed by atoms with van der Waals surface area (Å²) in [5.41, 5.74) is 7.86. The van der Waals surface area contributed by atoms with E-state index in [0.29, 0.717) is 11.3 Å². The van der Waals surface area contributed by atoms with E-state index in [1.54, 1.807) is 26.1 Å². The number of nitrogens with zero attached hydrogens (tertiary/aromatic N) is 1. The molecule has 0 radical (unpaired) electrons. The van der Waals surface area contributed by atoms with Crippen LogP contribution in [0.25, 0.3) is 0 Å². The number of aryl methyl sites for hydroxylation is 1. The molecule has 1 aromatic heterocycles. The van der Waals surface area contributed by atoms with Crippen LogP contribution < -0.4 is 0 Å². The quantitative estimate of drug-likeness (QED) is 0.342. The lowest BCUT2D eigenvalue weighted by molar-refractivity contribution is -0.143. The molecule has 1 heterocycles. The largest absolute Gasteiger partial charge is 0.464 e. The summed E-state index contributed by atoms with van der Waals surface area (Å²) in [6, 6.07) is 0.157. The first-order valence-electron chi connectivity index (χ1n) is 4.83. The van der Waals surface area contributed by atoms with E-state index >= 15 is 0 Å². The predicted octanol–water partition coefficient (Wildman–Crippen LogP) is 1.47. The van der Waals surface area contributed by atoms with Crippen LogP contribution in [0.5, 0.6) is 0 Å². The Morgan fingerprint density at radius 2 is 2.31 bits per heavy atom. The van der Waals surface area contributed by atoms with E-state index in [9.17, 15) is 9.59 Å². The van der Waals surface area contributed by atoms with Gasteiger partial charge in [0.2, 0.25) is 11.8 Å². The van der Waals surface area contributed by atoms with Gasteiger partial charge in [-0.15, -0.1) is 0 Å². The summed E-state index contributed by atoms with van der Waals surface area (Å²) < 4.78 is 4.67. The molecule has 0 fully saturated rings. The zero-order chi connectivity index (χ0) is 12.1. The first-order chi connectivity index (χ1) is 7.61. The number of hydrogen-bond donors (Lipinski definition) is 2. The molecule has 1 unspecified atom stereocenters. The number of ether oxygens (including phenoxy) is 1. The molecule has 2 N–H and O–H groups in total. The number of Topliss-reactive ketones (excluding diaryl/α,β-unsaturated/α-hetero) is 1. The summed E-state index contributed by atoms with van der Waals surface area (Å²) in [4.78, 5) is 26.0. The molecule has 0 saturated heterocycles. The lowest BCUT2D eigenvalue weighted by Crippen LogP contribution is -2.30. The van der Waals surface area contributed by atoms with Crippen molar-refractivity contribution in [3.05, 3.63) is 23.5 Å². The number of aromatic amines is 1. The summed E-state index contributed by atoms with van der Waals surface area (Å²) in [6.07, 6.45) is 1.59. The van der Waals surface area contributed by atoms with Gasteiger partial charge in [0.15, 0.2) is 0 Å². The molecule has 6 nitrogen and oxygen atoms in total. The van der Waals surface area contributed by atoms with Gasteiger partial charge in [-0.3, -0.25) is 4.79 Å². The number of esters is 1. The van der Waals surface area contributed by atoms with Crippen LogP contribution in [-0.4, -0.2) is 29.4 Å². The van der Waals surface area contributed by atoms with Crippen molar-refractivity contribution in [3.8, 4) is 0 Å². The Hall–Kier alpha value is -1.98. The van der Waals surface area contributed by atoms with Crippen LogP contribution in [0.4, 0.5) is 0 Å². The highest BCUT2D eigenvalue weighted by Gasteiger charge is 2.29. The maximum atomic E-state index is 11.8. The average molecular weight is 223 g/mol. The van der Waals surface area contributed by atoms with Crippen molar-refractivity contribution in [3.63, 3.8) is 0 Å². The highest BCUT2D eigenvalue weighted by molar-refractivity contribution is 6.12. The maximum Gasteiger partial charge on any atom is 0.340 e. The molecule has 1 rings (SSSR count). The van der Waals surface area contributed by atoms with Crippen molar-refractivity contribution >= 4 is 11.8 Å². The summed E-state index contributed by atoms with van der Waals surface area (Å²) in [5.74, 6) is -1.31. The van der Waals surface area contributed by atoms with Crippen LogP contribution in [0, 0.1) is 12.5 Å². The van der Waals surface area contributed by atoms with Gasteiger partial charge >= 0.3 is 5.97 Å². The lowest BCUT2D eigenvalue weighted by Gasteiger charge is -2.08. The fourth-order valence-corrected chi connectivity index (χ4v) is 1.31. The first kappa shape index (κ1) is 12.1. The number of carbonyl (C=O) groups excluding carboxylic acids is 2. The third kappa shape index (κ3) is 2.33. The molecule has 0 aliphatic carbocycles. The molecule has 6 heteroatoms. The molecular weight excluding hydrogens is 210 g/mol. The van der Waals surface area contributed by atoms with Gasteiger partial charge in [0, 0.05) is 17.5 Å². The van der Waals surface area contributed by atoms with Crippen molar-refractivity contribution in [1.82, 2.24) is 4.98 Å². The summed E-state index contributed by atoms with van der Waals surface area (Å²) in [7, 11) is 0.